The van der Waals surface area contributed by atoms with Gasteiger partial charge in [0.1, 0.15) is 11.3 Å². The van der Waals surface area contributed by atoms with Crippen LogP contribution < -0.4 is 10.2 Å². The number of carbonyl (C=O) groups is 1. The van der Waals surface area contributed by atoms with Gasteiger partial charge in [-0.15, -0.1) is 0 Å². The minimum absolute atomic E-state index is 0.152. The lowest BCUT2D eigenvalue weighted by atomic mass is 10.2. The van der Waals surface area contributed by atoms with Crippen molar-refractivity contribution in [1.29, 1.82) is 0 Å². The van der Waals surface area contributed by atoms with E-state index in [1.54, 1.807) is 18.5 Å². The van der Waals surface area contributed by atoms with Gasteiger partial charge in [-0.05, 0) is 48.5 Å². The van der Waals surface area contributed by atoms with E-state index >= 15 is 0 Å². The molecular formula is C22H17BrN4O2. The van der Waals surface area contributed by atoms with Crippen molar-refractivity contribution in [3.05, 3.63) is 89.3 Å². The van der Waals surface area contributed by atoms with E-state index in [0.717, 1.165) is 26.8 Å². The predicted octanol–water partition coefficient (Wildman–Crippen LogP) is 4.32. The molecule has 2 aromatic carbocycles. The number of pyridine rings is 1. The molecule has 0 radical (unpaired) electrons. The first-order valence-electron chi connectivity index (χ1n) is 8.92. The number of para-hydroxylation sites is 1. The smallest absolute Gasteiger partial charge is 0.277 e. The second-order valence-electron chi connectivity index (χ2n) is 6.19. The molecule has 0 saturated heterocycles. The summed E-state index contributed by atoms with van der Waals surface area (Å²) < 4.78 is 8.60. The molecular weight excluding hydrogens is 432 g/mol. The summed E-state index contributed by atoms with van der Waals surface area (Å²) in [6.07, 6.45) is 5.22. The molecule has 0 aliphatic rings. The Morgan fingerprint density at radius 1 is 1.10 bits per heavy atom. The van der Waals surface area contributed by atoms with E-state index in [2.05, 4.69) is 31.4 Å². The van der Waals surface area contributed by atoms with Crippen LogP contribution in [-0.2, 0) is 4.79 Å². The van der Waals surface area contributed by atoms with Crippen molar-refractivity contribution in [3.63, 3.8) is 0 Å². The Kier molecular flexibility index (Phi) is 5.67. The van der Waals surface area contributed by atoms with Crippen LogP contribution in [-0.4, -0.2) is 28.3 Å². The molecule has 4 rings (SSSR count). The van der Waals surface area contributed by atoms with Crippen molar-refractivity contribution >= 4 is 39.0 Å². The first-order chi connectivity index (χ1) is 14.2. The molecule has 2 aromatic heterocycles. The van der Waals surface area contributed by atoms with Crippen LogP contribution in [0.5, 0.6) is 5.75 Å². The predicted molar refractivity (Wildman–Crippen MR) is 116 cm³/mol. The maximum atomic E-state index is 12.1. The number of nitrogens with one attached hydrogen (secondary N) is 1. The highest BCUT2D eigenvalue weighted by atomic mass is 79.9. The third kappa shape index (κ3) is 4.52. The second-order valence-corrected chi connectivity index (χ2v) is 7.11. The molecule has 0 atom stereocenters. The number of aromatic nitrogens is 2. The average molecular weight is 449 g/mol. The van der Waals surface area contributed by atoms with Crippen molar-refractivity contribution in [2.75, 3.05) is 6.61 Å². The molecule has 0 bridgehead atoms. The fourth-order valence-corrected chi connectivity index (χ4v) is 3.14. The minimum Gasteiger partial charge on any atom is -0.481 e. The van der Waals surface area contributed by atoms with Crippen molar-refractivity contribution in [2.45, 2.75) is 0 Å². The van der Waals surface area contributed by atoms with Crippen molar-refractivity contribution < 1.29 is 9.53 Å². The zero-order chi connectivity index (χ0) is 20.1. The molecule has 0 unspecified atom stereocenters. The van der Waals surface area contributed by atoms with Crippen molar-refractivity contribution in [1.82, 2.24) is 15.0 Å². The number of fused-ring (bicyclic) bond motifs is 1. The summed E-state index contributed by atoms with van der Waals surface area (Å²) in [5.41, 5.74) is 5.05. The first-order valence-corrected chi connectivity index (χ1v) is 9.72. The summed E-state index contributed by atoms with van der Waals surface area (Å²) in [7, 11) is 0. The van der Waals surface area contributed by atoms with Crippen molar-refractivity contribution in [2.24, 2.45) is 5.10 Å². The largest absolute Gasteiger partial charge is 0.481 e. The summed E-state index contributed by atoms with van der Waals surface area (Å²) in [5.74, 6) is 0.210. The highest BCUT2D eigenvalue weighted by Gasteiger charge is 2.06. The van der Waals surface area contributed by atoms with Gasteiger partial charge in [0.05, 0.1) is 11.9 Å². The normalized spacial score (nSPS) is 11.1. The number of carbonyl (C=O) groups excluding carboxylic acids is 1. The van der Waals surface area contributed by atoms with Gasteiger partial charge in [0, 0.05) is 27.9 Å². The SMILES string of the molecule is O=C(COc1cccc2cccnc12)N/N=C\c1cccn1-c1ccc(Br)cc1. The molecule has 2 heterocycles. The molecule has 0 spiro atoms. The Bertz CT molecular complexity index is 1160. The number of ether oxygens (including phenoxy) is 1. The van der Waals surface area contributed by atoms with Gasteiger partial charge < -0.3 is 9.30 Å². The van der Waals surface area contributed by atoms with Gasteiger partial charge in [-0.1, -0.05) is 34.1 Å². The van der Waals surface area contributed by atoms with E-state index in [4.69, 9.17) is 4.74 Å². The minimum atomic E-state index is -0.351. The summed E-state index contributed by atoms with van der Waals surface area (Å²) in [6.45, 7) is -0.152. The highest BCUT2D eigenvalue weighted by molar-refractivity contribution is 9.10. The van der Waals surface area contributed by atoms with Crippen molar-refractivity contribution in [3.8, 4) is 11.4 Å². The number of nitrogens with zero attached hydrogens (tertiary/aromatic N) is 3. The maximum Gasteiger partial charge on any atom is 0.277 e. The number of hydrazone groups is 1. The molecule has 4 aromatic rings. The highest BCUT2D eigenvalue weighted by Crippen LogP contribution is 2.22. The van der Waals surface area contributed by atoms with E-state index in [0.29, 0.717) is 5.75 Å². The van der Waals surface area contributed by atoms with E-state index in [9.17, 15) is 4.79 Å². The van der Waals surface area contributed by atoms with Crippen LogP contribution >= 0.6 is 15.9 Å². The van der Waals surface area contributed by atoms with Crippen LogP contribution in [0.15, 0.2) is 88.7 Å². The summed E-state index contributed by atoms with van der Waals surface area (Å²) in [5, 5.41) is 5.00. The molecule has 0 aliphatic carbocycles. The van der Waals surface area contributed by atoms with E-state index < -0.39 is 0 Å². The first kappa shape index (κ1) is 18.9. The molecule has 1 amide bonds. The number of benzene rings is 2. The molecule has 7 heteroatoms. The van der Waals surface area contributed by atoms with Crippen LogP contribution in [0.3, 0.4) is 0 Å². The zero-order valence-electron chi connectivity index (χ0n) is 15.3. The number of halogens is 1. The Hall–Kier alpha value is -3.45. The Labute approximate surface area is 176 Å². The van der Waals surface area contributed by atoms with E-state index in [1.165, 1.54) is 0 Å². The molecule has 29 heavy (non-hydrogen) atoms. The fourth-order valence-electron chi connectivity index (χ4n) is 2.87. The lowest BCUT2D eigenvalue weighted by Crippen LogP contribution is -2.24. The van der Waals surface area contributed by atoms with Crippen LogP contribution in [0.25, 0.3) is 16.6 Å². The fraction of sp³-hybridized carbons (Fsp3) is 0.0455. The Morgan fingerprint density at radius 3 is 2.79 bits per heavy atom. The lowest BCUT2D eigenvalue weighted by Gasteiger charge is -2.08. The van der Waals surface area contributed by atoms with Crippen LogP contribution in [0.1, 0.15) is 5.69 Å². The van der Waals surface area contributed by atoms with Gasteiger partial charge in [-0.2, -0.15) is 5.10 Å². The van der Waals surface area contributed by atoms with Gasteiger partial charge in [-0.3, -0.25) is 9.78 Å². The monoisotopic (exact) mass is 448 g/mol. The van der Waals surface area contributed by atoms with Crippen LogP contribution in [0, 0.1) is 0 Å². The number of amides is 1. The quantitative estimate of drug-likeness (QED) is 0.352. The van der Waals surface area contributed by atoms with Crippen LogP contribution in [0.4, 0.5) is 0 Å². The standard InChI is InChI=1S/C22H17BrN4O2/c23-17-8-10-18(11-9-17)27-13-3-6-19(27)14-25-26-21(28)15-29-20-7-1-4-16-5-2-12-24-22(16)20/h1-14H,15H2,(H,26,28)/b25-14-. The Balaban J connectivity index is 1.37. The number of hydrogen-bond acceptors (Lipinski definition) is 4. The van der Waals surface area contributed by atoms with Gasteiger partial charge in [0.15, 0.2) is 6.61 Å². The van der Waals surface area contributed by atoms with Crippen LogP contribution in [0.2, 0.25) is 0 Å². The lowest BCUT2D eigenvalue weighted by molar-refractivity contribution is -0.123. The van der Waals surface area contributed by atoms with Gasteiger partial charge in [0.2, 0.25) is 0 Å². The molecule has 144 valence electrons. The summed E-state index contributed by atoms with van der Waals surface area (Å²) >= 11 is 3.43. The maximum absolute atomic E-state index is 12.1. The van der Waals surface area contributed by atoms with Gasteiger partial charge >= 0.3 is 0 Å². The molecule has 1 N–H and O–H groups in total. The third-order valence-electron chi connectivity index (χ3n) is 4.23. The number of hydrogen-bond donors (Lipinski definition) is 1. The summed E-state index contributed by atoms with van der Waals surface area (Å²) in [6, 6.07) is 21.2. The molecule has 0 aliphatic heterocycles. The van der Waals surface area contributed by atoms with Gasteiger partial charge in [0.25, 0.3) is 5.91 Å². The van der Waals surface area contributed by atoms with E-state index in [-0.39, 0.29) is 12.5 Å². The molecule has 0 fully saturated rings. The zero-order valence-corrected chi connectivity index (χ0v) is 16.9. The Morgan fingerprint density at radius 2 is 1.93 bits per heavy atom. The molecule has 0 saturated carbocycles. The second kappa shape index (κ2) is 8.70. The number of rotatable bonds is 6. The topological polar surface area (TPSA) is 68.5 Å². The van der Waals surface area contributed by atoms with Gasteiger partial charge in [-0.25, -0.2) is 5.43 Å². The van der Waals surface area contributed by atoms with E-state index in [1.807, 2.05) is 71.4 Å². The summed E-state index contributed by atoms with van der Waals surface area (Å²) in [4.78, 5) is 16.4. The third-order valence-corrected chi connectivity index (χ3v) is 4.75. The average Bonchev–Trinajstić information content (AvgIpc) is 3.21. The molecule has 6 nitrogen and oxygen atoms in total.